The molecule has 0 aliphatic heterocycles. The molecule has 1 unspecified atom stereocenters. The Bertz CT molecular complexity index is 666. The van der Waals surface area contributed by atoms with E-state index in [9.17, 15) is 9.59 Å². The quantitative estimate of drug-likeness (QED) is 0.859. The Kier molecular flexibility index (Phi) is 4.47. The summed E-state index contributed by atoms with van der Waals surface area (Å²) in [7, 11) is 0. The Morgan fingerprint density at radius 1 is 1.45 bits per heavy atom. The normalized spacial score (nSPS) is 12.4. The van der Waals surface area contributed by atoms with Crippen LogP contribution in [0.15, 0.2) is 35.3 Å². The van der Waals surface area contributed by atoms with Crippen molar-refractivity contribution >= 4 is 16.9 Å². The standard InChI is InChI=1S/C14H16N2O4/c1-2-20-13(14(18)19)7-8-16-11-6-4-3-5-10(11)12(17)9-15-16/h3-6,9,13H,2,7-8H2,1H3,(H,18,19). The lowest BCUT2D eigenvalue weighted by Crippen LogP contribution is -2.26. The lowest BCUT2D eigenvalue weighted by molar-refractivity contribution is -0.150. The van der Waals surface area contributed by atoms with Gasteiger partial charge in [0, 0.05) is 25.0 Å². The van der Waals surface area contributed by atoms with E-state index in [1.165, 1.54) is 6.20 Å². The van der Waals surface area contributed by atoms with Crippen molar-refractivity contribution in [2.45, 2.75) is 26.0 Å². The first-order valence-corrected chi connectivity index (χ1v) is 6.42. The van der Waals surface area contributed by atoms with Crippen LogP contribution in [-0.2, 0) is 16.1 Å². The predicted octanol–water partition coefficient (Wildman–Crippen LogP) is 1.28. The fraction of sp³-hybridized carbons (Fsp3) is 0.357. The van der Waals surface area contributed by atoms with Gasteiger partial charge < -0.3 is 9.84 Å². The van der Waals surface area contributed by atoms with E-state index < -0.39 is 12.1 Å². The van der Waals surface area contributed by atoms with Crippen molar-refractivity contribution < 1.29 is 14.6 Å². The summed E-state index contributed by atoms with van der Waals surface area (Å²) < 4.78 is 6.79. The van der Waals surface area contributed by atoms with Crippen LogP contribution in [0.4, 0.5) is 0 Å². The van der Waals surface area contributed by atoms with E-state index in [0.717, 1.165) is 0 Å². The minimum absolute atomic E-state index is 0.142. The van der Waals surface area contributed by atoms with E-state index in [1.54, 1.807) is 29.8 Å². The summed E-state index contributed by atoms with van der Waals surface area (Å²) in [6.07, 6.45) is 0.682. The highest BCUT2D eigenvalue weighted by Crippen LogP contribution is 2.10. The van der Waals surface area contributed by atoms with Crippen LogP contribution in [0.3, 0.4) is 0 Å². The number of hydrogen-bond acceptors (Lipinski definition) is 4. The predicted molar refractivity (Wildman–Crippen MR) is 73.7 cm³/mol. The van der Waals surface area contributed by atoms with Crippen molar-refractivity contribution in [2.75, 3.05) is 6.61 Å². The van der Waals surface area contributed by atoms with Crippen molar-refractivity contribution in [1.82, 2.24) is 9.78 Å². The molecule has 6 nitrogen and oxygen atoms in total. The maximum Gasteiger partial charge on any atom is 0.332 e. The van der Waals surface area contributed by atoms with Crippen molar-refractivity contribution in [1.29, 1.82) is 0 Å². The summed E-state index contributed by atoms with van der Waals surface area (Å²) in [5.41, 5.74) is 0.553. The molecule has 0 saturated heterocycles. The summed E-state index contributed by atoms with van der Waals surface area (Å²) in [5, 5.41) is 13.7. The second-order valence-corrected chi connectivity index (χ2v) is 4.32. The van der Waals surface area contributed by atoms with Crippen molar-refractivity contribution in [3.8, 4) is 0 Å². The van der Waals surface area contributed by atoms with Gasteiger partial charge in [-0.05, 0) is 19.1 Å². The molecule has 0 aliphatic rings. The van der Waals surface area contributed by atoms with E-state index in [1.807, 2.05) is 6.07 Å². The summed E-state index contributed by atoms with van der Waals surface area (Å²) in [5.74, 6) is -0.989. The van der Waals surface area contributed by atoms with Crippen molar-refractivity contribution in [3.63, 3.8) is 0 Å². The van der Waals surface area contributed by atoms with Crippen LogP contribution in [0.1, 0.15) is 13.3 Å². The molecular formula is C14H16N2O4. The maximum atomic E-state index is 11.7. The van der Waals surface area contributed by atoms with E-state index in [-0.39, 0.29) is 5.43 Å². The number of carboxylic acids is 1. The molecule has 6 heteroatoms. The number of nitrogens with zero attached hydrogens (tertiary/aromatic N) is 2. The van der Waals surface area contributed by atoms with Gasteiger partial charge in [-0.15, -0.1) is 0 Å². The Balaban J connectivity index is 2.24. The third-order valence-corrected chi connectivity index (χ3v) is 3.01. The molecule has 0 amide bonds. The molecule has 20 heavy (non-hydrogen) atoms. The first-order valence-electron chi connectivity index (χ1n) is 6.42. The fourth-order valence-corrected chi connectivity index (χ4v) is 2.06. The zero-order chi connectivity index (χ0) is 14.5. The zero-order valence-electron chi connectivity index (χ0n) is 11.2. The number of aliphatic carboxylic acids is 1. The number of ether oxygens (including phenoxy) is 1. The third kappa shape index (κ3) is 3.03. The number of aryl methyl sites for hydroxylation is 1. The monoisotopic (exact) mass is 276 g/mol. The number of aromatic nitrogens is 2. The number of benzene rings is 1. The van der Waals surface area contributed by atoms with Crippen LogP contribution in [0.2, 0.25) is 0 Å². The number of para-hydroxylation sites is 1. The van der Waals surface area contributed by atoms with E-state index >= 15 is 0 Å². The Morgan fingerprint density at radius 2 is 2.20 bits per heavy atom. The molecule has 1 N–H and O–H groups in total. The molecule has 1 aromatic heterocycles. The number of carbonyl (C=O) groups is 1. The van der Waals surface area contributed by atoms with Gasteiger partial charge in [-0.1, -0.05) is 12.1 Å². The topological polar surface area (TPSA) is 81.4 Å². The van der Waals surface area contributed by atoms with Crippen LogP contribution < -0.4 is 5.43 Å². The summed E-state index contributed by atoms with van der Waals surface area (Å²) >= 11 is 0. The van der Waals surface area contributed by atoms with Gasteiger partial charge >= 0.3 is 5.97 Å². The van der Waals surface area contributed by atoms with Crippen LogP contribution in [0.5, 0.6) is 0 Å². The maximum absolute atomic E-state index is 11.7. The van der Waals surface area contributed by atoms with Gasteiger partial charge in [-0.2, -0.15) is 5.10 Å². The number of rotatable bonds is 6. The average molecular weight is 276 g/mol. The molecule has 0 radical (unpaired) electrons. The minimum atomic E-state index is -0.989. The minimum Gasteiger partial charge on any atom is -0.479 e. The summed E-state index contributed by atoms with van der Waals surface area (Å²) in [4.78, 5) is 22.7. The highest BCUT2D eigenvalue weighted by atomic mass is 16.5. The highest BCUT2D eigenvalue weighted by molar-refractivity contribution is 5.78. The first kappa shape index (κ1) is 14.2. The van der Waals surface area contributed by atoms with E-state index in [4.69, 9.17) is 9.84 Å². The Hall–Kier alpha value is -2.21. The molecule has 0 saturated carbocycles. The second kappa shape index (κ2) is 6.29. The van der Waals surface area contributed by atoms with Crippen LogP contribution in [-0.4, -0.2) is 33.6 Å². The van der Waals surface area contributed by atoms with Crippen molar-refractivity contribution in [2.24, 2.45) is 0 Å². The fourth-order valence-electron chi connectivity index (χ4n) is 2.06. The smallest absolute Gasteiger partial charge is 0.332 e. The van der Waals surface area contributed by atoms with Crippen molar-refractivity contribution in [3.05, 3.63) is 40.7 Å². The third-order valence-electron chi connectivity index (χ3n) is 3.01. The molecular weight excluding hydrogens is 260 g/mol. The molecule has 0 bridgehead atoms. The molecule has 1 aromatic carbocycles. The average Bonchev–Trinajstić information content (AvgIpc) is 2.45. The number of hydrogen-bond donors (Lipinski definition) is 1. The number of carboxylic acid groups (broad SMARTS) is 1. The highest BCUT2D eigenvalue weighted by Gasteiger charge is 2.17. The largest absolute Gasteiger partial charge is 0.479 e. The van der Waals surface area contributed by atoms with Crippen LogP contribution in [0, 0.1) is 0 Å². The molecule has 0 aliphatic carbocycles. The lowest BCUT2D eigenvalue weighted by atomic mass is 10.2. The van der Waals surface area contributed by atoms with Gasteiger partial charge in [0.1, 0.15) is 0 Å². The summed E-state index contributed by atoms with van der Waals surface area (Å²) in [6, 6.07) is 7.12. The molecule has 0 spiro atoms. The van der Waals surface area contributed by atoms with Gasteiger partial charge in [0.05, 0.1) is 11.7 Å². The molecule has 2 aromatic rings. The molecule has 1 heterocycles. The molecule has 2 rings (SSSR count). The Labute approximate surface area is 115 Å². The Morgan fingerprint density at radius 3 is 2.90 bits per heavy atom. The molecule has 0 fully saturated rings. The van der Waals surface area contributed by atoms with Crippen LogP contribution in [0.25, 0.3) is 10.9 Å². The molecule has 106 valence electrons. The lowest BCUT2D eigenvalue weighted by Gasteiger charge is -2.14. The second-order valence-electron chi connectivity index (χ2n) is 4.32. The zero-order valence-corrected chi connectivity index (χ0v) is 11.2. The first-order chi connectivity index (χ1) is 9.63. The van der Waals surface area contributed by atoms with Gasteiger partial charge in [-0.25, -0.2) is 4.79 Å². The van der Waals surface area contributed by atoms with Gasteiger partial charge in [0.25, 0.3) is 0 Å². The van der Waals surface area contributed by atoms with Gasteiger partial charge in [0.15, 0.2) is 6.10 Å². The SMILES string of the molecule is CCOC(CCn1ncc(=O)c2ccccc21)C(=O)O. The van der Waals surface area contributed by atoms with E-state index in [2.05, 4.69) is 5.10 Å². The number of fused-ring (bicyclic) bond motifs is 1. The van der Waals surface area contributed by atoms with E-state index in [0.29, 0.717) is 30.5 Å². The summed E-state index contributed by atoms with van der Waals surface area (Å²) in [6.45, 7) is 2.47. The van der Waals surface area contributed by atoms with Crippen LogP contribution >= 0.6 is 0 Å². The van der Waals surface area contributed by atoms with Gasteiger partial charge in [-0.3, -0.25) is 9.48 Å². The molecule has 1 atom stereocenters. The van der Waals surface area contributed by atoms with Gasteiger partial charge in [0.2, 0.25) is 5.43 Å².